The summed E-state index contributed by atoms with van der Waals surface area (Å²) in [6, 6.07) is 7.62. The zero-order chi connectivity index (χ0) is 14.5. The number of hydrogen-bond acceptors (Lipinski definition) is 3. The summed E-state index contributed by atoms with van der Waals surface area (Å²) >= 11 is 0. The molecule has 0 unspecified atom stereocenters. The van der Waals surface area contributed by atoms with E-state index in [4.69, 9.17) is 5.11 Å². The molecule has 104 valence electrons. The number of carboxylic acids is 1. The van der Waals surface area contributed by atoms with Gasteiger partial charge in [-0.1, -0.05) is 6.07 Å². The van der Waals surface area contributed by atoms with Crippen LogP contribution in [0.3, 0.4) is 0 Å². The average molecular weight is 274 g/mol. The molecule has 0 bridgehead atoms. The van der Waals surface area contributed by atoms with Crippen molar-refractivity contribution in [2.24, 2.45) is 0 Å². The monoisotopic (exact) mass is 274 g/mol. The van der Waals surface area contributed by atoms with Crippen molar-refractivity contribution in [1.29, 1.82) is 0 Å². The van der Waals surface area contributed by atoms with Crippen molar-refractivity contribution >= 4 is 5.97 Å². The van der Waals surface area contributed by atoms with Gasteiger partial charge in [0.1, 0.15) is 5.82 Å². The maximum Gasteiger partial charge on any atom is 0.335 e. The van der Waals surface area contributed by atoms with Crippen LogP contribution in [0.25, 0.3) is 0 Å². The zero-order valence-electron chi connectivity index (χ0n) is 11.1. The summed E-state index contributed by atoms with van der Waals surface area (Å²) in [6.07, 6.45) is 1.76. The molecular weight excluding hydrogens is 259 g/mol. The topological polar surface area (TPSA) is 62.2 Å². The fourth-order valence-corrected chi connectivity index (χ4v) is 1.79. The summed E-state index contributed by atoms with van der Waals surface area (Å²) in [5.74, 6) is -1.47. The number of aromatic nitrogens is 1. The Bertz CT molecular complexity index is 612. The highest BCUT2D eigenvalue weighted by molar-refractivity contribution is 5.87. The van der Waals surface area contributed by atoms with E-state index in [2.05, 4.69) is 10.3 Å². The number of nitrogens with zero attached hydrogens (tertiary/aromatic N) is 1. The molecule has 0 saturated carbocycles. The third-order valence-corrected chi connectivity index (χ3v) is 2.91. The van der Waals surface area contributed by atoms with Crippen molar-refractivity contribution in [2.45, 2.75) is 20.0 Å². The number of benzene rings is 1. The van der Waals surface area contributed by atoms with Crippen LogP contribution in [-0.2, 0) is 13.1 Å². The summed E-state index contributed by atoms with van der Waals surface area (Å²) in [7, 11) is 0. The van der Waals surface area contributed by atoms with Crippen molar-refractivity contribution in [3.8, 4) is 0 Å². The number of nitrogens with one attached hydrogen (secondary N) is 1. The Balaban J connectivity index is 1.98. The summed E-state index contributed by atoms with van der Waals surface area (Å²) in [6.45, 7) is 2.72. The Kier molecular flexibility index (Phi) is 4.42. The van der Waals surface area contributed by atoms with Gasteiger partial charge in [0.25, 0.3) is 0 Å². The van der Waals surface area contributed by atoms with Gasteiger partial charge in [-0.3, -0.25) is 4.98 Å². The molecule has 0 fully saturated rings. The molecule has 0 aliphatic carbocycles. The molecule has 0 spiro atoms. The van der Waals surface area contributed by atoms with E-state index in [1.807, 2.05) is 19.1 Å². The maximum absolute atomic E-state index is 13.6. The van der Waals surface area contributed by atoms with E-state index < -0.39 is 11.8 Å². The van der Waals surface area contributed by atoms with Gasteiger partial charge in [-0.15, -0.1) is 0 Å². The summed E-state index contributed by atoms with van der Waals surface area (Å²) < 4.78 is 13.6. The van der Waals surface area contributed by atoms with Crippen LogP contribution in [0.4, 0.5) is 4.39 Å². The van der Waals surface area contributed by atoms with Crippen LogP contribution in [-0.4, -0.2) is 16.1 Å². The van der Waals surface area contributed by atoms with E-state index in [0.717, 1.165) is 11.3 Å². The van der Waals surface area contributed by atoms with Gasteiger partial charge in [-0.2, -0.15) is 0 Å². The largest absolute Gasteiger partial charge is 0.478 e. The number of hydrogen-bond donors (Lipinski definition) is 2. The van der Waals surface area contributed by atoms with Gasteiger partial charge in [0.2, 0.25) is 0 Å². The van der Waals surface area contributed by atoms with Crippen LogP contribution in [0, 0.1) is 12.7 Å². The smallest absolute Gasteiger partial charge is 0.335 e. The first kappa shape index (κ1) is 14.1. The summed E-state index contributed by atoms with van der Waals surface area (Å²) in [4.78, 5) is 15.0. The maximum atomic E-state index is 13.6. The molecule has 1 heterocycles. The van der Waals surface area contributed by atoms with Gasteiger partial charge in [-0.25, -0.2) is 9.18 Å². The average Bonchev–Trinajstić information content (AvgIpc) is 2.43. The highest BCUT2D eigenvalue weighted by Gasteiger charge is 2.08. The standard InChI is InChI=1S/C15H15FN2O2/c1-10-2-3-11(8-18-10)7-17-9-13-6-12(15(19)20)4-5-14(13)16/h2-6,8,17H,7,9H2,1H3,(H,19,20). The molecule has 0 saturated heterocycles. The van der Waals surface area contributed by atoms with Crippen LogP contribution in [0.1, 0.15) is 27.2 Å². The van der Waals surface area contributed by atoms with Gasteiger partial charge in [0.15, 0.2) is 0 Å². The lowest BCUT2D eigenvalue weighted by molar-refractivity contribution is 0.0696. The minimum absolute atomic E-state index is 0.0835. The lowest BCUT2D eigenvalue weighted by Crippen LogP contribution is -2.14. The van der Waals surface area contributed by atoms with Gasteiger partial charge < -0.3 is 10.4 Å². The van der Waals surface area contributed by atoms with Gasteiger partial charge in [-0.05, 0) is 36.8 Å². The summed E-state index contributed by atoms with van der Waals surface area (Å²) in [5, 5.41) is 11.9. The van der Waals surface area contributed by atoms with Crippen molar-refractivity contribution in [3.05, 3.63) is 64.7 Å². The van der Waals surface area contributed by atoms with E-state index >= 15 is 0 Å². The molecule has 2 rings (SSSR count). The molecule has 20 heavy (non-hydrogen) atoms. The molecule has 0 atom stereocenters. The first-order valence-corrected chi connectivity index (χ1v) is 6.20. The van der Waals surface area contributed by atoms with Crippen LogP contribution in [0.15, 0.2) is 36.5 Å². The number of carboxylic acid groups (broad SMARTS) is 1. The number of rotatable bonds is 5. The molecule has 1 aromatic carbocycles. The number of aryl methyl sites for hydroxylation is 1. The second kappa shape index (κ2) is 6.25. The van der Waals surface area contributed by atoms with Gasteiger partial charge >= 0.3 is 5.97 Å². The SMILES string of the molecule is Cc1ccc(CNCc2cc(C(=O)O)ccc2F)cn1. The Labute approximate surface area is 116 Å². The van der Waals surface area contributed by atoms with E-state index in [-0.39, 0.29) is 12.1 Å². The molecule has 2 N–H and O–H groups in total. The normalized spacial score (nSPS) is 10.5. The van der Waals surface area contributed by atoms with Crippen LogP contribution >= 0.6 is 0 Å². The van der Waals surface area contributed by atoms with Crippen molar-refractivity contribution in [2.75, 3.05) is 0 Å². The highest BCUT2D eigenvalue weighted by Crippen LogP contribution is 2.11. The third kappa shape index (κ3) is 3.61. The third-order valence-electron chi connectivity index (χ3n) is 2.91. The minimum Gasteiger partial charge on any atom is -0.478 e. The quantitative estimate of drug-likeness (QED) is 0.879. The Hall–Kier alpha value is -2.27. The fourth-order valence-electron chi connectivity index (χ4n) is 1.79. The molecule has 0 radical (unpaired) electrons. The van der Waals surface area contributed by atoms with Crippen LogP contribution < -0.4 is 5.32 Å². The van der Waals surface area contributed by atoms with E-state index in [9.17, 15) is 9.18 Å². The minimum atomic E-state index is -1.06. The first-order chi connectivity index (χ1) is 9.56. The Morgan fingerprint density at radius 2 is 2.10 bits per heavy atom. The predicted octanol–water partition coefficient (Wildman–Crippen LogP) is 2.52. The summed E-state index contributed by atoms with van der Waals surface area (Å²) in [5.41, 5.74) is 2.35. The lowest BCUT2D eigenvalue weighted by Gasteiger charge is -2.07. The van der Waals surface area contributed by atoms with Gasteiger partial charge in [0.05, 0.1) is 5.56 Å². The molecule has 0 aliphatic heterocycles. The van der Waals surface area contributed by atoms with Crippen molar-refractivity contribution < 1.29 is 14.3 Å². The number of pyridine rings is 1. The number of halogens is 1. The Morgan fingerprint density at radius 1 is 1.30 bits per heavy atom. The Morgan fingerprint density at radius 3 is 2.75 bits per heavy atom. The van der Waals surface area contributed by atoms with E-state index in [1.54, 1.807) is 6.20 Å². The molecule has 1 aromatic heterocycles. The highest BCUT2D eigenvalue weighted by atomic mass is 19.1. The second-order valence-electron chi connectivity index (χ2n) is 4.52. The number of aromatic carboxylic acids is 1. The first-order valence-electron chi connectivity index (χ1n) is 6.20. The molecule has 2 aromatic rings. The predicted molar refractivity (Wildman–Crippen MR) is 72.9 cm³/mol. The zero-order valence-corrected chi connectivity index (χ0v) is 11.1. The molecule has 4 nitrogen and oxygen atoms in total. The molecular formula is C15H15FN2O2. The van der Waals surface area contributed by atoms with Crippen molar-refractivity contribution in [1.82, 2.24) is 10.3 Å². The van der Waals surface area contributed by atoms with Crippen molar-refractivity contribution in [3.63, 3.8) is 0 Å². The van der Waals surface area contributed by atoms with Crippen LogP contribution in [0.2, 0.25) is 0 Å². The van der Waals surface area contributed by atoms with E-state index in [0.29, 0.717) is 12.1 Å². The van der Waals surface area contributed by atoms with Gasteiger partial charge in [0, 0.05) is 30.5 Å². The second-order valence-corrected chi connectivity index (χ2v) is 4.52. The molecule has 5 heteroatoms. The molecule has 0 amide bonds. The van der Waals surface area contributed by atoms with Crippen LogP contribution in [0.5, 0.6) is 0 Å². The molecule has 0 aliphatic rings. The van der Waals surface area contributed by atoms with E-state index in [1.165, 1.54) is 18.2 Å². The fraction of sp³-hybridized carbons (Fsp3) is 0.200. The number of carbonyl (C=O) groups is 1. The lowest BCUT2D eigenvalue weighted by atomic mass is 10.1.